The van der Waals surface area contributed by atoms with Crippen molar-refractivity contribution in [1.82, 2.24) is 14.5 Å². The molecule has 3 nitrogen and oxygen atoms in total. The number of pyridine rings is 1. The van der Waals surface area contributed by atoms with E-state index in [0.29, 0.717) is 11.9 Å². The third-order valence-electron chi connectivity index (χ3n) is 3.77. The Morgan fingerprint density at radius 3 is 2.89 bits per heavy atom. The van der Waals surface area contributed by atoms with Gasteiger partial charge in [0.05, 0.1) is 0 Å². The zero-order valence-electron chi connectivity index (χ0n) is 10.9. The van der Waals surface area contributed by atoms with Crippen LogP contribution in [0.15, 0.2) is 12.3 Å². The number of nitrogens with zero attached hydrogens (tertiary/aromatic N) is 3. The molecule has 4 heteroatoms. The van der Waals surface area contributed by atoms with Crippen LogP contribution in [-0.2, 0) is 6.42 Å². The molecule has 0 amide bonds. The summed E-state index contributed by atoms with van der Waals surface area (Å²) in [5.74, 6) is 2.53. The van der Waals surface area contributed by atoms with Gasteiger partial charge < -0.3 is 4.57 Å². The van der Waals surface area contributed by atoms with Gasteiger partial charge in [0, 0.05) is 24.5 Å². The third kappa shape index (κ3) is 1.91. The molecule has 1 aliphatic carbocycles. The molecule has 0 aromatic carbocycles. The van der Waals surface area contributed by atoms with Crippen molar-refractivity contribution in [2.24, 2.45) is 5.92 Å². The van der Waals surface area contributed by atoms with Gasteiger partial charge in [-0.25, -0.2) is 9.97 Å². The molecular formula is C14H18ClN3. The van der Waals surface area contributed by atoms with Gasteiger partial charge in [0.1, 0.15) is 11.3 Å². The van der Waals surface area contributed by atoms with Crippen LogP contribution in [0.25, 0.3) is 11.2 Å². The maximum atomic E-state index is 5.89. The second-order valence-electron chi connectivity index (χ2n) is 5.42. The monoisotopic (exact) mass is 263 g/mol. The highest BCUT2D eigenvalue weighted by molar-refractivity contribution is 6.17. The molecule has 2 heterocycles. The van der Waals surface area contributed by atoms with Crippen LogP contribution in [0.4, 0.5) is 0 Å². The van der Waals surface area contributed by atoms with Crippen LogP contribution in [0.1, 0.15) is 37.2 Å². The zero-order chi connectivity index (χ0) is 12.7. The molecule has 0 saturated heterocycles. The number of hydrogen-bond acceptors (Lipinski definition) is 2. The van der Waals surface area contributed by atoms with Gasteiger partial charge in [-0.15, -0.1) is 11.6 Å². The smallest absolute Gasteiger partial charge is 0.160 e. The minimum atomic E-state index is 0.568. The fraction of sp³-hybridized carbons (Fsp3) is 0.571. The van der Waals surface area contributed by atoms with Crippen LogP contribution in [0.3, 0.4) is 0 Å². The van der Waals surface area contributed by atoms with Crippen LogP contribution < -0.4 is 0 Å². The van der Waals surface area contributed by atoms with Gasteiger partial charge in [-0.3, -0.25) is 0 Å². The summed E-state index contributed by atoms with van der Waals surface area (Å²) < 4.78 is 2.32. The fourth-order valence-electron chi connectivity index (χ4n) is 2.84. The molecule has 0 N–H and O–H groups in total. The largest absolute Gasteiger partial charge is 0.310 e. The number of rotatable bonds is 3. The SMILES string of the molecule is Cc1cnc2c(c1)nc(CCCl)n2C1CC(C)C1. The van der Waals surface area contributed by atoms with Crippen molar-refractivity contribution in [1.29, 1.82) is 0 Å². The number of fused-ring (bicyclic) bond motifs is 1. The van der Waals surface area contributed by atoms with E-state index in [1.54, 1.807) is 0 Å². The summed E-state index contributed by atoms with van der Waals surface area (Å²) in [6.45, 7) is 4.35. The minimum Gasteiger partial charge on any atom is -0.310 e. The number of aromatic nitrogens is 3. The maximum absolute atomic E-state index is 5.89. The minimum absolute atomic E-state index is 0.568. The number of halogens is 1. The van der Waals surface area contributed by atoms with Gasteiger partial charge in [-0.2, -0.15) is 0 Å². The second kappa shape index (κ2) is 4.54. The number of aryl methyl sites for hydroxylation is 2. The summed E-state index contributed by atoms with van der Waals surface area (Å²) in [6.07, 6.45) is 5.21. The molecule has 18 heavy (non-hydrogen) atoms. The summed E-state index contributed by atoms with van der Waals surface area (Å²) in [5, 5.41) is 0. The molecule has 0 atom stereocenters. The Morgan fingerprint density at radius 1 is 1.44 bits per heavy atom. The highest BCUT2D eigenvalue weighted by atomic mass is 35.5. The first-order chi connectivity index (χ1) is 8.69. The van der Waals surface area contributed by atoms with Crippen LogP contribution in [0, 0.1) is 12.8 Å². The summed E-state index contributed by atoms with van der Waals surface area (Å²) in [6, 6.07) is 2.68. The molecule has 1 fully saturated rings. The predicted molar refractivity (Wildman–Crippen MR) is 74.1 cm³/mol. The molecule has 0 bridgehead atoms. The van der Waals surface area contributed by atoms with Crippen LogP contribution in [-0.4, -0.2) is 20.4 Å². The van der Waals surface area contributed by atoms with E-state index in [-0.39, 0.29) is 0 Å². The van der Waals surface area contributed by atoms with E-state index in [2.05, 4.69) is 29.5 Å². The van der Waals surface area contributed by atoms with Crippen molar-refractivity contribution in [3.05, 3.63) is 23.7 Å². The number of alkyl halides is 1. The number of imidazole rings is 1. The maximum Gasteiger partial charge on any atom is 0.160 e. The normalized spacial score (nSPS) is 23.3. The lowest BCUT2D eigenvalue weighted by Crippen LogP contribution is -2.26. The third-order valence-corrected chi connectivity index (χ3v) is 3.96. The van der Waals surface area contributed by atoms with Crippen molar-refractivity contribution in [3.63, 3.8) is 0 Å². The summed E-state index contributed by atoms with van der Waals surface area (Å²) >= 11 is 5.89. The van der Waals surface area contributed by atoms with E-state index in [9.17, 15) is 0 Å². The summed E-state index contributed by atoms with van der Waals surface area (Å²) in [5.41, 5.74) is 3.19. The van der Waals surface area contributed by atoms with Crippen LogP contribution >= 0.6 is 11.6 Å². The van der Waals surface area contributed by atoms with Gasteiger partial charge in [-0.1, -0.05) is 6.92 Å². The van der Waals surface area contributed by atoms with E-state index < -0.39 is 0 Å². The van der Waals surface area contributed by atoms with E-state index in [4.69, 9.17) is 16.6 Å². The molecule has 0 radical (unpaired) electrons. The molecule has 96 valence electrons. The van der Waals surface area contributed by atoms with Crippen molar-refractivity contribution in [3.8, 4) is 0 Å². The van der Waals surface area contributed by atoms with Gasteiger partial charge >= 0.3 is 0 Å². The molecule has 1 saturated carbocycles. The van der Waals surface area contributed by atoms with E-state index >= 15 is 0 Å². The Morgan fingerprint density at radius 2 is 2.22 bits per heavy atom. The first-order valence-corrected chi connectivity index (χ1v) is 7.12. The zero-order valence-corrected chi connectivity index (χ0v) is 11.6. The summed E-state index contributed by atoms with van der Waals surface area (Å²) in [4.78, 5) is 9.28. The average molecular weight is 264 g/mol. The van der Waals surface area contributed by atoms with Crippen molar-refractivity contribution < 1.29 is 0 Å². The van der Waals surface area contributed by atoms with Gasteiger partial charge in [-0.05, 0) is 37.3 Å². The van der Waals surface area contributed by atoms with E-state index in [1.165, 1.54) is 12.8 Å². The van der Waals surface area contributed by atoms with Crippen molar-refractivity contribution in [2.75, 3.05) is 5.88 Å². The predicted octanol–water partition coefficient (Wildman–Crippen LogP) is 3.49. The molecule has 2 aromatic rings. The Bertz CT molecular complexity index is 570. The lowest BCUT2D eigenvalue weighted by molar-refractivity contribution is 0.216. The highest BCUT2D eigenvalue weighted by Gasteiger charge is 2.30. The molecule has 3 rings (SSSR count). The molecular weight excluding hydrogens is 246 g/mol. The second-order valence-corrected chi connectivity index (χ2v) is 5.80. The standard InChI is InChI=1S/C14H18ClN3/c1-9-5-11(6-9)18-13(3-4-15)17-12-7-10(2)8-16-14(12)18/h7-9,11H,3-6H2,1-2H3. The van der Waals surface area contributed by atoms with Gasteiger partial charge in [0.2, 0.25) is 0 Å². The van der Waals surface area contributed by atoms with Crippen LogP contribution in [0.5, 0.6) is 0 Å². The van der Waals surface area contributed by atoms with Gasteiger partial charge in [0.25, 0.3) is 0 Å². The molecule has 0 spiro atoms. The van der Waals surface area contributed by atoms with E-state index in [1.807, 2.05) is 6.20 Å². The van der Waals surface area contributed by atoms with Crippen molar-refractivity contribution >= 4 is 22.8 Å². The molecule has 1 aliphatic rings. The first kappa shape index (κ1) is 12.0. The Kier molecular flexibility index (Phi) is 3.02. The molecule has 0 aliphatic heterocycles. The molecule has 2 aromatic heterocycles. The fourth-order valence-corrected chi connectivity index (χ4v) is 3.01. The first-order valence-electron chi connectivity index (χ1n) is 6.58. The summed E-state index contributed by atoms with van der Waals surface area (Å²) in [7, 11) is 0. The number of hydrogen-bond donors (Lipinski definition) is 0. The topological polar surface area (TPSA) is 30.7 Å². The average Bonchev–Trinajstić information content (AvgIpc) is 2.62. The van der Waals surface area contributed by atoms with Gasteiger partial charge in [0.15, 0.2) is 5.65 Å². The van der Waals surface area contributed by atoms with E-state index in [0.717, 1.165) is 34.9 Å². The Hall–Kier alpha value is -1.09. The lowest BCUT2D eigenvalue weighted by Gasteiger charge is -2.34. The van der Waals surface area contributed by atoms with Crippen LogP contribution in [0.2, 0.25) is 0 Å². The highest BCUT2D eigenvalue weighted by Crippen LogP contribution is 2.39. The lowest BCUT2D eigenvalue weighted by atomic mass is 9.81. The van der Waals surface area contributed by atoms with Crippen molar-refractivity contribution in [2.45, 2.75) is 39.2 Å². The quantitative estimate of drug-likeness (QED) is 0.794. The molecule has 0 unspecified atom stereocenters. The Labute approximate surface area is 112 Å². The Balaban J connectivity index is 2.10.